The van der Waals surface area contributed by atoms with Crippen molar-refractivity contribution in [2.45, 2.75) is 52.4 Å². The zero-order valence-electron chi connectivity index (χ0n) is 22.7. The molecule has 5 aromatic rings. The molecule has 3 heteroatoms. The molecule has 0 atom stereocenters. The topological polar surface area (TPSA) is 27.9 Å². The van der Waals surface area contributed by atoms with Gasteiger partial charge in [0, 0.05) is 54.0 Å². The minimum Gasteiger partial charge on any atom is -0.385 e. The molecule has 0 aliphatic heterocycles. The van der Waals surface area contributed by atoms with Crippen LogP contribution in [0.5, 0.6) is 0 Å². The van der Waals surface area contributed by atoms with E-state index in [-0.39, 0.29) is 0 Å². The number of rotatable bonds is 10. The van der Waals surface area contributed by atoms with Crippen LogP contribution in [-0.2, 0) is 12.8 Å². The van der Waals surface area contributed by atoms with Crippen molar-refractivity contribution in [3.8, 4) is 16.8 Å². The summed E-state index contributed by atoms with van der Waals surface area (Å²) in [4.78, 5) is 0. The standard InChI is InChI=1S/C35H38N3/c1-3-5-22-36-30-16-8-12-25-11-7-15-29(34(25)30)27-21-24-38(32-20-19-28(27)32)33-18-10-14-26-13-9-17-31(35(26)33)37-23-6-4-2/h7-18,21,24,36-37H,3-6,19-20,22-23H2,1-2H3/q+1. The Morgan fingerprint density at radius 1 is 0.632 bits per heavy atom. The van der Waals surface area contributed by atoms with Gasteiger partial charge in [0.15, 0.2) is 11.9 Å². The minimum absolute atomic E-state index is 1.00. The van der Waals surface area contributed by atoms with Gasteiger partial charge in [0.1, 0.15) is 0 Å². The normalized spacial score (nSPS) is 12.4. The molecule has 0 saturated carbocycles. The lowest BCUT2D eigenvalue weighted by molar-refractivity contribution is -0.605. The first-order valence-electron chi connectivity index (χ1n) is 14.4. The van der Waals surface area contributed by atoms with Gasteiger partial charge in [0.05, 0.1) is 5.39 Å². The molecule has 0 spiro atoms. The van der Waals surface area contributed by atoms with Crippen molar-refractivity contribution >= 4 is 32.9 Å². The Bertz CT molecular complexity index is 1470. The van der Waals surface area contributed by atoms with Gasteiger partial charge >= 0.3 is 0 Å². The SMILES string of the molecule is CCCCNc1cccc2cccc(-c3cc[n+](-c4cccc5cccc(NCCCC)c45)c4c3CC4)c12. The highest BCUT2D eigenvalue weighted by atomic mass is 15.0. The number of hydrogen-bond donors (Lipinski definition) is 2. The summed E-state index contributed by atoms with van der Waals surface area (Å²) in [5.74, 6) is 0. The zero-order chi connectivity index (χ0) is 25.9. The Morgan fingerprint density at radius 2 is 1.24 bits per heavy atom. The van der Waals surface area contributed by atoms with Gasteiger partial charge in [-0.2, -0.15) is 4.57 Å². The molecule has 1 aliphatic carbocycles. The van der Waals surface area contributed by atoms with Gasteiger partial charge in [0.2, 0.25) is 5.69 Å². The van der Waals surface area contributed by atoms with Crippen LogP contribution in [0.15, 0.2) is 85.1 Å². The molecule has 0 unspecified atom stereocenters. The first-order valence-corrected chi connectivity index (χ1v) is 14.4. The largest absolute Gasteiger partial charge is 0.385 e. The Kier molecular flexibility index (Phi) is 7.00. The molecule has 0 bridgehead atoms. The Labute approximate surface area is 226 Å². The molecular formula is C35H38N3+. The summed E-state index contributed by atoms with van der Waals surface area (Å²) in [6.07, 6.45) is 9.28. The van der Waals surface area contributed by atoms with Crippen molar-refractivity contribution < 1.29 is 4.57 Å². The fourth-order valence-electron chi connectivity index (χ4n) is 5.92. The third kappa shape index (κ3) is 4.41. The van der Waals surface area contributed by atoms with Gasteiger partial charge < -0.3 is 10.6 Å². The molecule has 1 aromatic heterocycles. The zero-order valence-corrected chi connectivity index (χ0v) is 22.7. The van der Waals surface area contributed by atoms with Crippen molar-refractivity contribution in [2.75, 3.05) is 23.7 Å². The van der Waals surface area contributed by atoms with Gasteiger partial charge in [-0.05, 0) is 53.3 Å². The molecule has 4 aromatic carbocycles. The van der Waals surface area contributed by atoms with Crippen LogP contribution in [0.1, 0.15) is 50.8 Å². The molecule has 1 heterocycles. The van der Waals surface area contributed by atoms with E-state index < -0.39 is 0 Å². The monoisotopic (exact) mass is 500 g/mol. The van der Waals surface area contributed by atoms with E-state index in [9.17, 15) is 0 Å². The fraction of sp³-hybridized carbons (Fsp3) is 0.286. The highest BCUT2D eigenvalue weighted by Crippen LogP contribution is 2.39. The summed E-state index contributed by atoms with van der Waals surface area (Å²) in [5.41, 5.74) is 9.37. The van der Waals surface area contributed by atoms with E-state index in [1.807, 2.05) is 0 Å². The maximum atomic E-state index is 3.72. The van der Waals surface area contributed by atoms with Gasteiger partial charge in [-0.1, -0.05) is 81.3 Å². The van der Waals surface area contributed by atoms with Gasteiger partial charge in [-0.3, -0.25) is 0 Å². The van der Waals surface area contributed by atoms with Crippen molar-refractivity contribution in [3.63, 3.8) is 0 Å². The first kappa shape index (κ1) is 24.5. The molecule has 0 saturated heterocycles. The lowest BCUT2D eigenvalue weighted by Gasteiger charge is -2.22. The van der Waals surface area contributed by atoms with Crippen molar-refractivity contribution in [1.82, 2.24) is 0 Å². The molecule has 2 N–H and O–H groups in total. The second kappa shape index (κ2) is 10.9. The first-order chi connectivity index (χ1) is 18.8. The van der Waals surface area contributed by atoms with Crippen molar-refractivity contribution in [2.24, 2.45) is 0 Å². The van der Waals surface area contributed by atoms with E-state index in [0.29, 0.717) is 0 Å². The summed E-state index contributed by atoms with van der Waals surface area (Å²) in [6.45, 7) is 6.50. The lowest BCUT2D eigenvalue weighted by Crippen LogP contribution is -2.41. The molecule has 6 rings (SSSR count). The van der Waals surface area contributed by atoms with Crippen molar-refractivity contribution in [1.29, 1.82) is 0 Å². The molecule has 0 radical (unpaired) electrons. The Morgan fingerprint density at radius 3 is 1.87 bits per heavy atom. The number of nitrogens with one attached hydrogen (secondary N) is 2. The van der Waals surface area contributed by atoms with Crippen LogP contribution in [0, 0.1) is 0 Å². The number of aromatic nitrogens is 1. The van der Waals surface area contributed by atoms with Crippen LogP contribution in [0.25, 0.3) is 38.4 Å². The molecule has 0 fully saturated rings. The Balaban J connectivity index is 1.47. The third-order valence-corrected chi connectivity index (χ3v) is 8.00. The smallest absolute Gasteiger partial charge is 0.220 e. The van der Waals surface area contributed by atoms with Gasteiger partial charge in [-0.15, -0.1) is 0 Å². The Hall–Kier alpha value is -3.85. The molecule has 3 nitrogen and oxygen atoms in total. The number of benzene rings is 4. The van der Waals surface area contributed by atoms with Crippen LogP contribution in [0.4, 0.5) is 11.4 Å². The van der Waals surface area contributed by atoms with E-state index in [0.717, 1.165) is 25.9 Å². The highest BCUT2D eigenvalue weighted by molar-refractivity contribution is 6.05. The maximum absolute atomic E-state index is 3.72. The average Bonchev–Trinajstić information content (AvgIpc) is 2.93. The molecule has 0 amide bonds. The quantitative estimate of drug-likeness (QED) is 0.149. The predicted octanol–water partition coefficient (Wildman–Crippen LogP) is 8.46. The van der Waals surface area contributed by atoms with E-state index in [1.54, 1.807) is 0 Å². The van der Waals surface area contributed by atoms with Crippen LogP contribution in [-0.4, -0.2) is 13.1 Å². The lowest BCUT2D eigenvalue weighted by atomic mass is 9.84. The second-order valence-corrected chi connectivity index (χ2v) is 10.5. The highest BCUT2D eigenvalue weighted by Gasteiger charge is 2.31. The summed E-state index contributed by atoms with van der Waals surface area (Å²) in [7, 11) is 0. The summed E-state index contributed by atoms with van der Waals surface area (Å²) in [6, 6.07) is 29.1. The third-order valence-electron chi connectivity index (χ3n) is 8.00. The molecule has 38 heavy (non-hydrogen) atoms. The van der Waals surface area contributed by atoms with Crippen LogP contribution in [0.2, 0.25) is 0 Å². The van der Waals surface area contributed by atoms with E-state index >= 15 is 0 Å². The molecule has 1 aliphatic rings. The van der Waals surface area contributed by atoms with Gasteiger partial charge in [-0.25, -0.2) is 0 Å². The number of nitrogens with zero attached hydrogens (tertiary/aromatic N) is 1. The number of unbranched alkanes of at least 4 members (excludes halogenated alkanes) is 2. The second-order valence-electron chi connectivity index (χ2n) is 10.5. The van der Waals surface area contributed by atoms with Crippen LogP contribution < -0.4 is 15.2 Å². The number of pyridine rings is 1. The molecule has 192 valence electrons. The van der Waals surface area contributed by atoms with E-state index in [1.165, 1.54) is 86.7 Å². The van der Waals surface area contributed by atoms with Crippen molar-refractivity contribution in [3.05, 3.63) is 96.3 Å². The summed E-state index contributed by atoms with van der Waals surface area (Å²) >= 11 is 0. The summed E-state index contributed by atoms with van der Waals surface area (Å²) in [5, 5.41) is 12.7. The van der Waals surface area contributed by atoms with Crippen LogP contribution in [0.3, 0.4) is 0 Å². The molecular weight excluding hydrogens is 462 g/mol. The van der Waals surface area contributed by atoms with E-state index in [4.69, 9.17) is 0 Å². The number of fused-ring (bicyclic) bond motifs is 3. The number of hydrogen-bond acceptors (Lipinski definition) is 2. The average molecular weight is 501 g/mol. The maximum Gasteiger partial charge on any atom is 0.220 e. The minimum atomic E-state index is 1.00. The number of anilines is 2. The van der Waals surface area contributed by atoms with E-state index in [2.05, 4.69) is 114 Å². The van der Waals surface area contributed by atoms with Crippen LogP contribution >= 0.6 is 0 Å². The summed E-state index contributed by atoms with van der Waals surface area (Å²) < 4.78 is 2.45. The fourth-order valence-corrected chi connectivity index (χ4v) is 5.92. The predicted molar refractivity (Wildman–Crippen MR) is 163 cm³/mol. The van der Waals surface area contributed by atoms with Gasteiger partial charge in [0.25, 0.3) is 0 Å².